The molecule has 2 aromatic heterocycles. The Morgan fingerprint density at radius 3 is 2.58 bits per heavy atom. The molecule has 2 heterocycles. The first-order chi connectivity index (χ1) is 9.19. The molecule has 0 fully saturated rings. The molecule has 92 valence electrons. The van der Waals surface area contributed by atoms with E-state index in [4.69, 9.17) is 23.8 Å². The van der Waals surface area contributed by atoms with Gasteiger partial charge in [0.05, 0.1) is 11.4 Å². The quantitative estimate of drug-likeness (QED) is 0.681. The van der Waals surface area contributed by atoms with E-state index < -0.39 is 0 Å². The minimum Gasteiger partial charge on any atom is -0.396 e. The molecule has 2 nitrogen and oxygen atoms in total. The van der Waals surface area contributed by atoms with Crippen LogP contribution in [0.2, 0.25) is 5.02 Å². The zero-order chi connectivity index (χ0) is 13.4. The van der Waals surface area contributed by atoms with Gasteiger partial charge in [0.2, 0.25) is 0 Å². The molecule has 0 saturated heterocycles. The molecule has 0 aliphatic rings. The highest BCUT2D eigenvalue weighted by Crippen LogP contribution is 2.33. The molecule has 0 unspecified atom stereocenters. The first-order valence-corrected chi connectivity index (χ1v) is 6.80. The van der Waals surface area contributed by atoms with Crippen molar-refractivity contribution in [3.05, 3.63) is 46.3 Å². The third kappa shape index (κ3) is 2.06. The van der Waals surface area contributed by atoms with Gasteiger partial charge in [-0.2, -0.15) is 0 Å². The molecule has 2 N–H and O–H groups in total. The molecule has 0 atom stereocenters. The van der Waals surface area contributed by atoms with Crippen molar-refractivity contribution in [2.75, 3.05) is 5.73 Å². The SMILES string of the molecule is C#Cc1sc2nc(-c3ccc(Cl)cc3)ccc2c1N. The standard InChI is InChI=1S/C15H9ClN2S/c1-2-13-14(17)11-7-8-12(18-15(11)19-13)9-3-5-10(16)6-4-9/h1,3-8H,17H2. The number of nitrogen functional groups attached to an aromatic ring is 1. The molecular weight excluding hydrogens is 276 g/mol. The average molecular weight is 285 g/mol. The Morgan fingerprint density at radius 1 is 1.16 bits per heavy atom. The lowest BCUT2D eigenvalue weighted by Gasteiger charge is -2.01. The lowest BCUT2D eigenvalue weighted by atomic mass is 10.1. The van der Waals surface area contributed by atoms with Gasteiger partial charge in [0.25, 0.3) is 0 Å². The number of halogens is 1. The van der Waals surface area contributed by atoms with E-state index in [1.165, 1.54) is 11.3 Å². The second-order valence-electron chi connectivity index (χ2n) is 4.05. The predicted molar refractivity (Wildman–Crippen MR) is 82.4 cm³/mol. The van der Waals surface area contributed by atoms with Crippen LogP contribution in [0.25, 0.3) is 21.5 Å². The fourth-order valence-corrected chi connectivity index (χ4v) is 2.92. The van der Waals surface area contributed by atoms with E-state index in [1.807, 2.05) is 36.4 Å². The van der Waals surface area contributed by atoms with E-state index in [0.29, 0.717) is 10.7 Å². The van der Waals surface area contributed by atoms with Crippen LogP contribution in [0.1, 0.15) is 4.88 Å². The molecule has 1 aromatic carbocycles. The fourth-order valence-electron chi connectivity index (χ4n) is 1.89. The van der Waals surface area contributed by atoms with Crippen molar-refractivity contribution in [1.82, 2.24) is 4.98 Å². The number of pyridine rings is 1. The van der Waals surface area contributed by atoms with Gasteiger partial charge < -0.3 is 5.73 Å². The van der Waals surface area contributed by atoms with E-state index in [0.717, 1.165) is 26.4 Å². The Hall–Kier alpha value is -2.02. The van der Waals surface area contributed by atoms with Crippen molar-refractivity contribution in [2.45, 2.75) is 0 Å². The first-order valence-electron chi connectivity index (χ1n) is 5.60. The van der Waals surface area contributed by atoms with Crippen LogP contribution < -0.4 is 5.73 Å². The molecule has 4 heteroatoms. The molecule has 0 aliphatic heterocycles. The summed E-state index contributed by atoms with van der Waals surface area (Å²) in [6.07, 6.45) is 5.42. The van der Waals surface area contributed by atoms with Crippen LogP contribution in [0.3, 0.4) is 0 Å². The van der Waals surface area contributed by atoms with E-state index in [9.17, 15) is 0 Å². The van der Waals surface area contributed by atoms with Crippen molar-refractivity contribution in [1.29, 1.82) is 0 Å². The maximum atomic E-state index is 5.97. The fraction of sp³-hybridized carbons (Fsp3) is 0. The zero-order valence-electron chi connectivity index (χ0n) is 9.85. The summed E-state index contributed by atoms with van der Waals surface area (Å²) in [7, 11) is 0. The zero-order valence-corrected chi connectivity index (χ0v) is 11.4. The number of aromatic nitrogens is 1. The summed E-state index contributed by atoms with van der Waals surface area (Å²) in [6.45, 7) is 0. The van der Waals surface area contributed by atoms with Gasteiger partial charge in [0.1, 0.15) is 9.71 Å². The number of terminal acetylenes is 1. The van der Waals surface area contributed by atoms with E-state index in [1.54, 1.807) is 0 Å². The number of nitrogens with zero attached hydrogens (tertiary/aromatic N) is 1. The second kappa shape index (κ2) is 4.58. The molecule has 3 aromatic rings. The van der Waals surface area contributed by atoms with Gasteiger partial charge in [-0.3, -0.25) is 0 Å². The molecule has 0 radical (unpaired) electrons. The summed E-state index contributed by atoms with van der Waals surface area (Å²) in [5, 5.41) is 1.62. The van der Waals surface area contributed by atoms with Crippen molar-refractivity contribution in [3.8, 4) is 23.6 Å². The van der Waals surface area contributed by atoms with Crippen LogP contribution in [0.15, 0.2) is 36.4 Å². The molecular formula is C15H9ClN2S. The molecule has 0 bridgehead atoms. The summed E-state index contributed by atoms with van der Waals surface area (Å²) in [4.78, 5) is 6.20. The second-order valence-corrected chi connectivity index (χ2v) is 5.48. The Balaban J connectivity index is 2.17. The highest BCUT2D eigenvalue weighted by molar-refractivity contribution is 7.19. The Kier molecular flexibility index (Phi) is 2.90. The van der Waals surface area contributed by atoms with Gasteiger partial charge in [0.15, 0.2) is 0 Å². The Morgan fingerprint density at radius 2 is 1.89 bits per heavy atom. The van der Waals surface area contributed by atoms with Gasteiger partial charge in [-0.05, 0) is 24.3 Å². The number of nitrogens with two attached hydrogens (primary N) is 1. The number of benzene rings is 1. The summed E-state index contributed by atoms with van der Waals surface area (Å²) in [6, 6.07) is 11.5. The molecule has 0 spiro atoms. The average Bonchev–Trinajstić information content (AvgIpc) is 2.76. The number of hydrogen-bond donors (Lipinski definition) is 1. The van der Waals surface area contributed by atoms with Crippen molar-refractivity contribution >= 4 is 38.8 Å². The van der Waals surface area contributed by atoms with Gasteiger partial charge in [-0.1, -0.05) is 29.7 Å². The van der Waals surface area contributed by atoms with Crippen LogP contribution in [0.5, 0.6) is 0 Å². The number of anilines is 1. The van der Waals surface area contributed by atoms with Gasteiger partial charge >= 0.3 is 0 Å². The summed E-state index contributed by atoms with van der Waals surface area (Å²) >= 11 is 7.32. The van der Waals surface area contributed by atoms with Gasteiger partial charge in [0, 0.05) is 16.0 Å². The van der Waals surface area contributed by atoms with E-state index in [-0.39, 0.29) is 0 Å². The Labute approximate surface area is 119 Å². The minimum atomic E-state index is 0.637. The largest absolute Gasteiger partial charge is 0.396 e. The molecule has 0 saturated carbocycles. The highest BCUT2D eigenvalue weighted by atomic mass is 35.5. The van der Waals surface area contributed by atoms with E-state index >= 15 is 0 Å². The van der Waals surface area contributed by atoms with Crippen LogP contribution in [-0.2, 0) is 0 Å². The monoisotopic (exact) mass is 284 g/mol. The summed E-state index contributed by atoms with van der Waals surface area (Å²) in [5.74, 6) is 2.59. The molecule has 19 heavy (non-hydrogen) atoms. The predicted octanol–water partition coefficient (Wildman–Crippen LogP) is 4.18. The summed E-state index contributed by atoms with van der Waals surface area (Å²) in [5.41, 5.74) is 8.50. The number of thiophene rings is 1. The van der Waals surface area contributed by atoms with Gasteiger partial charge in [-0.25, -0.2) is 4.98 Å². The van der Waals surface area contributed by atoms with Gasteiger partial charge in [-0.15, -0.1) is 17.8 Å². The van der Waals surface area contributed by atoms with Crippen LogP contribution in [-0.4, -0.2) is 4.98 Å². The molecule has 0 aliphatic carbocycles. The molecule has 0 amide bonds. The van der Waals surface area contributed by atoms with Crippen LogP contribution >= 0.6 is 22.9 Å². The normalized spacial score (nSPS) is 10.5. The number of fused-ring (bicyclic) bond motifs is 1. The minimum absolute atomic E-state index is 0.637. The highest BCUT2D eigenvalue weighted by Gasteiger charge is 2.10. The Bertz CT molecular complexity index is 797. The molecule has 3 rings (SSSR count). The maximum Gasteiger partial charge on any atom is 0.127 e. The lowest BCUT2D eigenvalue weighted by Crippen LogP contribution is -1.86. The maximum absolute atomic E-state index is 5.97. The summed E-state index contributed by atoms with van der Waals surface area (Å²) < 4.78 is 0. The van der Waals surface area contributed by atoms with Crippen LogP contribution in [0, 0.1) is 12.3 Å². The smallest absolute Gasteiger partial charge is 0.127 e. The topological polar surface area (TPSA) is 38.9 Å². The number of hydrogen-bond acceptors (Lipinski definition) is 3. The lowest BCUT2D eigenvalue weighted by molar-refractivity contribution is 1.43. The first kappa shape index (κ1) is 12.0. The van der Waals surface area contributed by atoms with Crippen LogP contribution in [0.4, 0.5) is 5.69 Å². The third-order valence-corrected chi connectivity index (χ3v) is 4.16. The van der Waals surface area contributed by atoms with E-state index in [2.05, 4.69) is 10.9 Å². The van der Waals surface area contributed by atoms with Crippen molar-refractivity contribution in [3.63, 3.8) is 0 Å². The third-order valence-electron chi connectivity index (χ3n) is 2.86. The number of rotatable bonds is 1. The van der Waals surface area contributed by atoms with Crippen molar-refractivity contribution < 1.29 is 0 Å². The van der Waals surface area contributed by atoms with Crippen molar-refractivity contribution in [2.24, 2.45) is 0 Å².